The van der Waals surface area contributed by atoms with Gasteiger partial charge in [-0.05, 0) is 50.3 Å². The maximum Gasteiger partial charge on any atom is 0.288 e. The number of nitrogens with one attached hydrogen (secondary N) is 1. The van der Waals surface area contributed by atoms with Gasteiger partial charge in [0.2, 0.25) is 0 Å². The van der Waals surface area contributed by atoms with Crippen LogP contribution < -0.4 is 5.32 Å². The third-order valence-corrected chi connectivity index (χ3v) is 5.05. The van der Waals surface area contributed by atoms with Crippen LogP contribution in [0.25, 0.3) is 0 Å². The maximum atomic E-state index is 5.99. The van der Waals surface area contributed by atoms with Gasteiger partial charge in [-0.2, -0.15) is 0 Å². The summed E-state index contributed by atoms with van der Waals surface area (Å²) in [6.45, 7) is 8.02. The molecular formula is C18H29N3O2. The van der Waals surface area contributed by atoms with Gasteiger partial charge in [0.25, 0.3) is 6.02 Å². The van der Waals surface area contributed by atoms with Crippen molar-refractivity contribution in [3.63, 3.8) is 0 Å². The first-order valence-electron chi connectivity index (χ1n) is 8.75. The summed E-state index contributed by atoms with van der Waals surface area (Å²) >= 11 is 0. The van der Waals surface area contributed by atoms with Crippen LogP contribution in [-0.4, -0.2) is 56.4 Å². The summed E-state index contributed by atoms with van der Waals surface area (Å²) in [4.78, 5) is 6.82. The molecular weight excluding hydrogens is 290 g/mol. The van der Waals surface area contributed by atoms with Crippen LogP contribution in [0.5, 0.6) is 0 Å². The molecule has 2 heterocycles. The molecule has 0 aromatic rings. The largest absolute Gasteiger partial charge is 0.463 e. The van der Waals surface area contributed by atoms with Crippen LogP contribution in [0.15, 0.2) is 28.4 Å². The molecule has 0 spiro atoms. The molecule has 128 valence electrons. The van der Waals surface area contributed by atoms with Crippen LogP contribution in [0, 0.1) is 5.92 Å². The molecule has 1 unspecified atom stereocenters. The van der Waals surface area contributed by atoms with Gasteiger partial charge in [-0.25, -0.2) is 4.99 Å². The average molecular weight is 319 g/mol. The lowest BCUT2D eigenvalue weighted by Gasteiger charge is -2.38. The smallest absolute Gasteiger partial charge is 0.288 e. The highest BCUT2D eigenvalue weighted by molar-refractivity contribution is 5.76. The Morgan fingerprint density at radius 2 is 2.30 bits per heavy atom. The monoisotopic (exact) mass is 319 g/mol. The molecule has 0 aromatic carbocycles. The van der Waals surface area contributed by atoms with Gasteiger partial charge in [-0.1, -0.05) is 13.0 Å². The SMILES string of the molecule is CN=C(NC1=C(C)CC(C)C=C1)OC[C@@H]1CCCN1C1COC1. The zero-order valence-corrected chi connectivity index (χ0v) is 14.5. The number of hydrogen-bond donors (Lipinski definition) is 1. The predicted molar refractivity (Wildman–Crippen MR) is 92.4 cm³/mol. The molecule has 2 atom stereocenters. The van der Waals surface area contributed by atoms with Crippen molar-refractivity contribution in [2.75, 3.05) is 33.4 Å². The Kier molecular flexibility index (Phi) is 5.38. The Hall–Kier alpha value is -1.33. The Balaban J connectivity index is 1.52. The van der Waals surface area contributed by atoms with Crippen LogP contribution in [0.1, 0.15) is 33.1 Å². The second-order valence-electron chi connectivity index (χ2n) is 6.92. The zero-order valence-electron chi connectivity index (χ0n) is 14.5. The van der Waals surface area contributed by atoms with E-state index in [1.165, 1.54) is 25.0 Å². The van der Waals surface area contributed by atoms with Gasteiger partial charge < -0.3 is 14.8 Å². The lowest BCUT2D eigenvalue weighted by Crippen LogP contribution is -2.52. The highest BCUT2D eigenvalue weighted by Gasteiger charge is 2.35. The zero-order chi connectivity index (χ0) is 16.2. The number of nitrogens with zero attached hydrogens (tertiary/aromatic N) is 2. The molecule has 2 fully saturated rings. The van der Waals surface area contributed by atoms with Crippen molar-refractivity contribution in [2.24, 2.45) is 10.9 Å². The molecule has 1 aliphatic carbocycles. The van der Waals surface area contributed by atoms with Crippen LogP contribution in [0.4, 0.5) is 0 Å². The summed E-state index contributed by atoms with van der Waals surface area (Å²) < 4.78 is 11.3. The molecule has 0 aromatic heterocycles. The van der Waals surface area contributed by atoms with E-state index in [-0.39, 0.29) is 0 Å². The van der Waals surface area contributed by atoms with Gasteiger partial charge in [0.15, 0.2) is 0 Å². The summed E-state index contributed by atoms with van der Waals surface area (Å²) in [7, 11) is 1.78. The Labute approximate surface area is 139 Å². The maximum absolute atomic E-state index is 5.99. The molecule has 3 aliphatic rings. The molecule has 2 saturated heterocycles. The summed E-state index contributed by atoms with van der Waals surface area (Å²) in [6.07, 6.45) is 7.92. The van der Waals surface area contributed by atoms with Crippen LogP contribution in [0.2, 0.25) is 0 Å². The van der Waals surface area contributed by atoms with E-state index < -0.39 is 0 Å². The number of likely N-dealkylation sites (tertiary alicyclic amines) is 1. The van der Waals surface area contributed by atoms with E-state index in [4.69, 9.17) is 9.47 Å². The minimum atomic E-state index is 0.486. The molecule has 5 heteroatoms. The van der Waals surface area contributed by atoms with Crippen molar-refractivity contribution >= 4 is 6.02 Å². The topological polar surface area (TPSA) is 46.1 Å². The van der Waals surface area contributed by atoms with Crippen molar-refractivity contribution in [3.8, 4) is 0 Å². The van der Waals surface area contributed by atoms with Gasteiger partial charge in [0.05, 0.1) is 19.3 Å². The fourth-order valence-corrected chi connectivity index (χ4v) is 3.59. The first kappa shape index (κ1) is 16.5. The van der Waals surface area contributed by atoms with Crippen molar-refractivity contribution in [1.82, 2.24) is 10.2 Å². The van der Waals surface area contributed by atoms with Gasteiger partial charge in [0.1, 0.15) is 6.61 Å². The summed E-state index contributed by atoms with van der Waals surface area (Å²) in [5, 5.41) is 3.35. The predicted octanol–water partition coefficient (Wildman–Crippen LogP) is 2.31. The number of amidine groups is 1. The second-order valence-corrected chi connectivity index (χ2v) is 6.92. The summed E-state index contributed by atoms with van der Waals surface area (Å²) in [5.74, 6) is 0.611. The normalized spacial score (nSPS) is 29.8. The average Bonchev–Trinajstić information content (AvgIpc) is 2.92. The molecule has 23 heavy (non-hydrogen) atoms. The van der Waals surface area contributed by atoms with Gasteiger partial charge in [-0.15, -0.1) is 0 Å². The Morgan fingerprint density at radius 1 is 1.48 bits per heavy atom. The number of ether oxygens (including phenoxy) is 2. The Bertz CT molecular complexity index is 508. The first-order chi connectivity index (χ1) is 11.2. The lowest BCUT2D eigenvalue weighted by molar-refractivity contribution is -0.0737. The van der Waals surface area contributed by atoms with Crippen molar-refractivity contribution < 1.29 is 9.47 Å². The molecule has 5 nitrogen and oxygen atoms in total. The number of aliphatic imine (C=N–C) groups is 1. The molecule has 0 radical (unpaired) electrons. The van der Waals surface area contributed by atoms with E-state index in [1.54, 1.807) is 7.05 Å². The lowest BCUT2D eigenvalue weighted by atomic mass is 9.95. The molecule has 0 bridgehead atoms. The standard InChI is InChI=1S/C18H29N3O2/c1-13-6-7-17(14(2)9-13)20-18(19-3)23-12-15-5-4-8-21(15)16-10-22-11-16/h6-7,13,15-16H,4-5,8-12H2,1-3H3,(H,19,20)/t13?,15-/m0/s1. The molecule has 2 aliphatic heterocycles. The number of hydrogen-bond acceptors (Lipinski definition) is 4. The van der Waals surface area contributed by atoms with Crippen LogP contribution in [0.3, 0.4) is 0 Å². The van der Waals surface area contributed by atoms with E-state index in [0.29, 0.717) is 30.6 Å². The van der Waals surface area contributed by atoms with E-state index in [0.717, 1.165) is 25.3 Å². The highest BCUT2D eigenvalue weighted by Crippen LogP contribution is 2.24. The van der Waals surface area contributed by atoms with E-state index in [2.05, 4.69) is 41.2 Å². The minimum Gasteiger partial charge on any atom is -0.463 e. The first-order valence-corrected chi connectivity index (χ1v) is 8.75. The minimum absolute atomic E-state index is 0.486. The number of rotatable bonds is 4. The fraction of sp³-hybridized carbons (Fsp3) is 0.722. The fourth-order valence-electron chi connectivity index (χ4n) is 3.59. The highest BCUT2D eigenvalue weighted by atomic mass is 16.5. The van der Waals surface area contributed by atoms with Gasteiger partial charge in [-0.3, -0.25) is 4.90 Å². The summed E-state index contributed by atoms with van der Waals surface area (Å²) in [5.41, 5.74) is 2.48. The molecule has 1 N–H and O–H groups in total. The van der Waals surface area contributed by atoms with Gasteiger partial charge in [0, 0.05) is 18.8 Å². The third kappa shape index (κ3) is 3.96. The third-order valence-electron chi connectivity index (χ3n) is 5.05. The van der Waals surface area contributed by atoms with E-state index in [1.807, 2.05) is 0 Å². The molecule has 0 saturated carbocycles. The van der Waals surface area contributed by atoms with E-state index >= 15 is 0 Å². The van der Waals surface area contributed by atoms with Crippen LogP contribution in [-0.2, 0) is 9.47 Å². The van der Waals surface area contributed by atoms with Crippen molar-refractivity contribution in [1.29, 1.82) is 0 Å². The molecule has 0 amide bonds. The van der Waals surface area contributed by atoms with Crippen molar-refractivity contribution in [2.45, 2.75) is 45.2 Å². The Morgan fingerprint density at radius 3 is 2.96 bits per heavy atom. The quantitative estimate of drug-likeness (QED) is 0.638. The number of allylic oxidation sites excluding steroid dienone is 3. The second kappa shape index (κ2) is 7.49. The van der Waals surface area contributed by atoms with Crippen LogP contribution >= 0.6 is 0 Å². The van der Waals surface area contributed by atoms with Crippen molar-refractivity contribution in [3.05, 3.63) is 23.4 Å². The van der Waals surface area contributed by atoms with Gasteiger partial charge >= 0.3 is 0 Å². The molecule has 3 rings (SSSR count). The van der Waals surface area contributed by atoms with E-state index in [9.17, 15) is 0 Å². The summed E-state index contributed by atoms with van der Waals surface area (Å²) in [6, 6.07) is 1.70.